The highest BCUT2D eigenvalue weighted by Gasteiger charge is 2.28. The zero-order valence-corrected chi connectivity index (χ0v) is 16.7. The predicted octanol–water partition coefficient (Wildman–Crippen LogP) is 3.85. The van der Waals surface area contributed by atoms with Gasteiger partial charge in [-0.1, -0.05) is 18.2 Å². The van der Waals surface area contributed by atoms with Crippen molar-refractivity contribution in [2.24, 2.45) is 5.92 Å². The van der Waals surface area contributed by atoms with Crippen LogP contribution in [0, 0.1) is 12.8 Å². The van der Waals surface area contributed by atoms with Crippen LogP contribution in [0.2, 0.25) is 0 Å². The van der Waals surface area contributed by atoms with Crippen molar-refractivity contribution in [2.45, 2.75) is 51.5 Å². The number of hydrogen-bond acceptors (Lipinski definition) is 3. The van der Waals surface area contributed by atoms with Gasteiger partial charge in [0.15, 0.2) is 0 Å². The third-order valence-electron chi connectivity index (χ3n) is 5.13. The molecule has 0 radical (unpaired) electrons. The lowest BCUT2D eigenvalue weighted by atomic mass is 9.86. The molecule has 4 nitrogen and oxygen atoms in total. The van der Waals surface area contributed by atoms with E-state index in [0.717, 1.165) is 49.1 Å². The third kappa shape index (κ3) is 8.43. The molecule has 1 fully saturated rings. The van der Waals surface area contributed by atoms with Gasteiger partial charge in [0.1, 0.15) is 13.2 Å². The molecule has 0 spiro atoms. The number of nitrogens with one attached hydrogen (secondary N) is 3. The number of halogens is 4. The van der Waals surface area contributed by atoms with Gasteiger partial charge < -0.3 is 16.0 Å². The van der Waals surface area contributed by atoms with Gasteiger partial charge in [-0.05, 0) is 61.8 Å². The van der Waals surface area contributed by atoms with Gasteiger partial charge >= 0.3 is 6.18 Å². The van der Waals surface area contributed by atoms with E-state index in [1.54, 1.807) is 6.07 Å². The first-order valence-corrected chi connectivity index (χ1v) is 9.83. The van der Waals surface area contributed by atoms with Gasteiger partial charge in [-0.15, -0.1) is 0 Å². The molecule has 0 bridgehead atoms. The minimum absolute atomic E-state index is 0.106. The van der Waals surface area contributed by atoms with E-state index in [0.29, 0.717) is 11.5 Å². The van der Waals surface area contributed by atoms with E-state index in [1.165, 1.54) is 0 Å². The summed E-state index contributed by atoms with van der Waals surface area (Å²) in [5.41, 5.74) is 3.28. The van der Waals surface area contributed by atoms with Crippen molar-refractivity contribution in [1.82, 2.24) is 16.0 Å². The Morgan fingerprint density at radius 2 is 1.83 bits per heavy atom. The maximum Gasteiger partial charge on any atom is 0.405 e. The Labute approximate surface area is 169 Å². The van der Waals surface area contributed by atoms with E-state index in [2.05, 4.69) is 17.2 Å². The highest BCUT2D eigenvalue weighted by atomic mass is 19.4. The molecule has 29 heavy (non-hydrogen) atoms. The summed E-state index contributed by atoms with van der Waals surface area (Å²) in [7, 11) is 0. The van der Waals surface area contributed by atoms with Crippen molar-refractivity contribution >= 4 is 11.6 Å². The van der Waals surface area contributed by atoms with E-state index >= 15 is 0 Å². The Bertz CT molecular complexity index is 698. The van der Waals surface area contributed by atoms with Crippen LogP contribution in [0.3, 0.4) is 0 Å². The highest BCUT2D eigenvalue weighted by molar-refractivity contribution is 5.78. The number of carbonyl (C=O) groups is 1. The van der Waals surface area contributed by atoms with E-state index in [4.69, 9.17) is 0 Å². The van der Waals surface area contributed by atoms with Crippen LogP contribution in [0.25, 0.3) is 5.70 Å². The van der Waals surface area contributed by atoms with Crippen LogP contribution >= 0.6 is 0 Å². The second kappa shape index (κ2) is 10.6. The van der Waals surface area contributed by atoms with Gasteiger partial charge in [0.25, 0.3) is 0 Å². The molecule has 1 saturated carbocycles. The standard InChI is InChI=1S/C21H29F4N3O/c1-14-7-17(10-22)9-18(8-14)15(2)26-11-16-3-5-19(6-4-16)27-12-20(29)28-13-21(23,24)25/h7-9,16,19,26-27H,2-6,10-13H2,1H3,(H,28,29)/t16-,19-. The fourth-order valence-electron chi connectivity index (χ4n) is 3.55. The van der Waals surface area contributed by atoms with Gasteiger partial charge in [0.2, 0.25) is 5.91 Å². The number of amides is 1. The van der Waals surface area contributed by atoms with Gasteiger partial charge in [0.05, 0.1) is 6.54 Å². The summed E-state index contributed by atoms with van der Waals surface area (Å²) < 4.78 is 49.2. The Kier molecular flexibility index (Phi) is 8.49. The minimum atomic E-state index is -4.39. The van der Waals surface area contributed by atoms with Crippen LogP contribution in [0.1, 0.15) is 42.4 Å². The zero-order valence-electron chi connectivity index (χ0n) is 16.7. The number of rotatable bonds is 9. The van der Waals surface area contributed by atoms with Crippen LogP contribution in [0.15, 0.2) is 24.8 Å². The summed E-state index contributed by atoms with van der Waals surface area (Å²) in [6.07, 6.45) is -0.766. The fraction of sp³-hybridized carbons (Fsp3) is 0.571. The van der Waals surface area contributed by atoms with Crippen molar-refractivity contribution in [3.63, 3.8) is 0 Å². The topological polar surface area (TPSA) is 53.2 Å². The predicted molar refractivity (Wildman–Crippen MR) is 106 cm³/mol. The minimum Gasteiger partial charge on any atom is -0.385 e. The fourth-order valence-corrected chi connectivity index (χ4v) is 3.55. The smallest absolute Gasteiger partial charge is 0.385 e. The summed E-state index contributed by atoms with van der Waals surface area (Å²) >= 11 is 0. The molecule has 2 rings (SSSR count). The second-order valence-corrected chi connectivity index (χ2v) is 7.69. The molecule has 0 atom stereocenters. The third-order valence-corrected chi connectivity index (χ3v) is 5.13. The average Bonchev–Trinajstić information content (AvgIpc) is 2.68. The van der Waals surface area contributed by atoms with Crippen molar-refractivity contribution in [1.29, 1.82) is 0 Å². The van der Waals surface area contributed by atoms with E-state index in [1.807, 2.05) is 24.4 Å². The molecule has 0 heterocycles. The second-order valence-electron chi connectivity index (χ2n) is 7.69. The maximum atomic E-state index is 12.9. The van der Waals surface area contributed by atoms with E-state index in [9.17, 15) is 22.4 Å². The Balaban J connectivity index is 1.67. The summed E-state index contributed by atoms with van der Waals surface area (Å²) in [5.74, 6) is -0.192. The van der Waals surface area contributed by atoms with E-state index < -0.39 is 25.3 Å². The molecule has 1 aliphatic carbocycles. The van der Waals surface area contributed by atoms with Gasteiger partial charge in [-0.3, -0.25) is 4.79 Å². The molecule has 1 aromatic rings. The molecule has 0 aromatic heterocycles. The van der Waals surface area contributed by atoms with Crippen LogP contribution < -0.4 is 16.0 Å². The van der Waals surface area contributed by atoms with Crippen LogP contribution in [0.5, 0.6) is 0 Å². The summed E-state index contributed by atoms with van der Waals surface area (Å²) in [4.78, 5) is 11.5. The van der Waals surface area contributed by atoms with E-state index in [-0.39, 0.29) is 12.6 Å². The monoisotopic (exact) mass is 415 g/mol. The summed E-state index contributed by atoms with van der Waals surface area (Å²) in [5, 5.41) is 8.23. The van der Waals surface area contributed by atoms with Crippen LogP contribution in [-0.2, 0) is 11.5 Å². The number of carbonyl (C=O) groups excluding carboxylic acids is 1. The first kappa shape index (κ1) is 23.2. The van der Waals surface area contributed by atoms with Gasteiger partial charge in [-0.25, -0.2) is 4.39 Å². The van der Waals surface area contributed by atoms with Crippen molar-refractivity contribution in [3.05, 3.63) is 41.5 Å². The van der Waals surface area contributed by atoms with Crippen molar-refractivity contribution in [3.8, 4) is 0 Å². The molecule has 0 aliphatic heterocycles. The Hall–Kier alpha value is -2.09. The molecule has 162 valence electrons. The number of alkyl halides is 4. The lowest BCUT2D eigenvalue weighted by Crippen LogP contribution is -2.43. The first-order chi connectivity index (χ1) is 13.7. The normalized spacial score (nSPS) is 19.6. The molecule has 1 aliphatic rings. The van der Waals surface area contributed by atoms with Crippen LogP contribution in [0.4, 0.5) is 17.6 Å². The quantitative estimate of drug-likeness (QED) is 0.537. The Morgan fingerprint density at radius 1 is 1.14 bits per heavy atom. The zero-order chi connectivity index (χ0) is 21.4. The molecule has 1 amide bonds. The molecule has 0 unspecified atom stereocenters. The highest BCUT2D eigenvalue weighted by Crippen LogP contribution is 2.25. The number of hydrogen-bond donors (Lipinski definition) is 3. The number of aryl methyl sites for hydroxylation is 1. The SMILES string of the molecule is C=C(NC[C@H]1CC[C@H](NCC(=O)NCC(F)(F)F)CC1)c1cc(C)cc(CF)c1. The number of benzene rings is 1. The Morgan fingerprint density at radius 3 is 2.45 bits per heavy atom. The molecule has 1 aromatic carbocycles. The van der Waals surface area contributed by atoms with Crippen molar-refractivity contribution < 1.29 is 22.4 Å². The van der Waals surface area contributed by atoms with Crippen LogP contribution in [-0.4, -0.2) is 37.8 Å². The van der Waals surface area contributed by atoms with Gasteiger partial charge in [-0.2, -0.15) is 13.2 Å². The van der Waals surface area contributed by atoms with Gasteiger partial charge in [0, 0.05) is 18.3 Å². The first-order valence-electron chi connectivity index (χ1n) is 9.83. The summed E-state index contributed by atoms with van der Waals surface area (Å²) in [6.45, 7) is 4.82. The average molecular weight is 415 g/mol. The maximum absolute atomic E-state index is 12.9. The molecular weight excluding hydrogens is 386 g/mol. The van der Waals surface area contributed by atoms with Crippen molar-refractivity contribution in [2.75, 3.05) is 19.6 Å². The molecular formula is C21H29F4N3O. The lowest BCUT2D eigenvalue weighted by molar-refractivity contribution is -0.138. The lowest BCUT2D eigenvalue weighted by Gasteiger charge is -2.29. The molecule has 8 heteroatoms. The summed E-state index contributed by atoms with van der Waals surface area (Å²) in [6, 6.07) is 5.72. The largest absolute Gasteiger partial charge is 0.405 e. The molecule has 3 N–H and O–H groups in total. The molecule has 0 saturated heterocycles.